The summed E-state index contributed by atoms with van der Waals surface area (Å²) in [6.07, 6.45) is 5.54. The maximum Gasteiger partial charge on any atom is 0.388 e. The molecule has 1 aliphatic rings. The number of aryl methyl sites for hydroxylation is 2. The van der Waals surface area contributed by atoms with Crippen LogP contribution in [-0.4, -0.2) is 34.7 Å². The molecule has 0 atom stereocenters. The normalized spacial score (nSPS) is 14.7. The Balaban J connectivity index is 1.66. The molecule has 1 fully saturated rings. The minimum absolute atomic E-state index is 0.273. The molecule has 26 heavy (non-hydrogen) atoms. The Morgan fingerprint density at radius 1 is 1.31 bits per heavy atom. The molecule has 2 aromatic rings. The number of piperidine rings is 1. The zero-order valence-corrected chi connectivity index (χ0v) is 16.3. The van der Waals surface area contributed by atoms with Gasteiger partial charge in [0.1, 0.15) is 0 Å². The highest BCUT2D eigenvalue weighted by Crippen LogP contribution is 2.32. The number of carbonyl (C=O) groups excluding carboxylic acids is 1. The maximum atomic E-state index is 12.0. The number of hydrogen-bond acceptors (Lipinski definition) is 6. The number of carbonyl (C=O) groups is 1. The molecule has 0 bridgehead atoms. The van der Waals surface area contributed by atoms with Crippen LogP contribution < -0.4 is 4.89 Å². The highest BCUT2D eigenvalue weighted by Gasteiger charge is 2.16. The molecular weight excluding hydrogens is 374 g/mol. The number of aromatic nitrogens is 1. The number of aliphatic imine (C=N–C) groups is 1. The van der Waals surface area contributed by atoms with Gasteiger partial charge in [-0.15, -0.1) is 0 Å². The van der Waals surface area contributed by atoms with E-state index in [0.29, 0.717) is 16.3 Å². The number of nitrogens with zero attached hydrogens (tertiary/aromatic N) is 3. The van der Waals surface area contributed by atoms with E-state index in [0.717, 1.165) is 24.3 Å². The van der Waals surface area contributed by atoms with Gasteiger partial charge in [0.05, 0.1) is 28.3 Å². The summed E-state index contributed by atoms with van der Waals surface area (Å²) in [5.74, 6) is -0.326. The summed E-state index contributed by atoms with van der Waals surface area (Å²) in [5, 5.41) is 1.95. The van der Waals surface area contributed by atoms with E-state index < -0.39 is 5.97 Å². The van der Waals surface area contributed by atoms with Crippen LogP contribution >= 0.6 is 23.1 Å². The van der Waals surface area contributed by atoms with Crippen molar-refractivity contribution >= 4 is 41.1 Å². The van der Waals surface area contributed by atoms with Gasteiger partial charge in [0, 0.05) is 18.5 Å². The Bertz CT molecular complexity index is 816. The van der Waals surface area contributed by atoms with Crippen molar-refractivity contribution in [2.24, 2.45) is 4.99 Å². The van der Waals surface area contributed by atoms with E-state index in [1.807, 2.05) is 13.3 Å². The maximum absolute atomic E-state index is 12.0. The predicted octanol–water partition coefficient (Wildman–Crippen LogP) is 4.71. The Morgan fingerprint density at radius 3 is 2.77 bits per heavy atom. The largest absolute Gasteiger partial charge is 0.388 e. The van der Waals surface area contributed by atoms with Crippen molar-refractivity contribution in [1.82, 2.24) is 9.27 Å². The molecule has 0 unspecified atom stereocenters. The molecule has 0 aliphatic carbocycles. The number of hydrogen-bond donors (Lipinski definition) is 0. The monoisotopic (exact) mass is 393 g/mol. The first kappa shape index (κ1) is 18.7. The van der Waals surface area contributed by atoms with Crippen molar-refractivity contribution in [3.63, 3.8) is 0 Å². The third-order valence-electron chi connectivity index (χ3n) is 4.18. The van der Waals surface area contributed by atoms with Gasteiger partial charge in [-0.25, -0.2) is 14.7 Å². The van der Waals surface area contributed by atoms with Crippen molar-refractivity contribution in [3.8, 4) is 5.75 Å². The summed E-state index contributed by atoms with van der Waals surface area (Å²) in [4.78, 5) is 28.7. The van der Waals surface area contributed by atoms with Gasteiger partial charge in [0.25, 0.3) is 0 Å². The zero-order valence-electron chi connectivity index (χ0n) is 14.7. The number of likely N-dealkylation sites (tertiary alicyclic amines) is 1. The number of benzene rings is 1. The van der Waals surface area contributed by atoms with Crippen LogP contribution in [0.5, 0.6) is 5.75 Å². The minimum atomic E-state index is -0.600. The number of halogens is 1. The molecule has 0 N–H and O–H groups in total. The lowest BCUT2D eigenvalue weighted by atomic mass is 10.1. The van der Waals surface area contributed by atoms with Gasteiger partial charge in [0.15, 0.2) is 5.75 Å². The second-order valence-corrected chi connectivity index (χ2v) is 7.21. The lowest BCUT2D eigenvalue weighted by Crippen LogP contribution is -2.28. The van der Waals surface area contributed by atoms with Crippen molar-refractivity contribution in [2.45, 2.75) is 33.1 Å². The molecule has 0 saturated carbocycles. The van der Waals surface area contributed by atoms with Crippen LogP contribution in [0.1, 0.15) is 40.9 Å². The molecule has 3 rings (SSSR count). The van der Waals surface area contributed by atoms with Gasteiger partial charge in [-0.2, -0.15) is 4.37 Å². The van der Waals surface area contributed by atoms with Gasteiger partial charge in [-0.3, -0.25) is 4.89 Å². The molecule has 1 aromatic heterocycles. The minimum Gasteiger partial charge on any atom is -0.363 e. The molecule has 0 spiro atoms. The first-order chi connectivity index (χ1) is 12.5. The molecule has 6 nitrogen and oxygen atoms in total. The Kier molecular flexibility index (Phi) is 6.11. The SMILES string of the molecule is Cc1cc(OOC(=O)c2csnc2C)c(Cl)cc1N=CN1CCCCC1. The van der Waals surface area contributed by atoms with E-state index >= 15 is 0 Å². The quantitative estimate of drug-likeness (QED) is 0.318. The van der Waals surface area contributed by atoms with Crippen LogP contribution in [0, 0.1) is 13.8 Å². The summed E-state index contributed by atoms with van der Waals surface area (Å²) in [6.45, 7) is 5.70. The molecule has 1 aromatic carbocycles. The lowest BCUT2D eigenvalue weighted by molar-refractivity contribution is -0.149. The van der Waals surface area contributed by atoms with Gasteiger partial charge >= 0.3 is 5.97 Å². The molecular formula is C18H20ClN3O3S. The van der Waals surface area contributed by atoms with Crippen LogP contribution in [0.4, 0.5) is 5.69 Å². The Morgan fingerprint density at radius 2 is 2.08 bits per heavy atom. The van der Waals surface area contributed by atoms with E-state index in [2.05, 4.69) is 14.3 Å². The highest BCUT2D eigenvalue weighted by molar-refractivity contribution is 7.03. The molecule has 8 heteroatoms. The topological polar surface area (TPSA) is 64.0 Å². The van der Waals surface area contributed by atoms with Crippen LogP contribution in [0.25, 0.3) is 0 Å². The molecule has 138 valence electrons. The first-order valence-electron chi connectivity index (χ1n) is 8.43. The van der Waals surface area contributed by atoms with Gasteiger partial charge in [-0.1, -0.05) is 11.6 Å². The Hall–Kier alpha value is -2.12. The van der Waals surface area contributed by atoms with E-state index in [-0.39, 0.29) is 5.75 Å². The second-order valence-electron chi connectivity index (χ2n) is 6.18. The van der Waals surface area contributed by atoms with E-state index in [4.69, 9.17) is 21.4 Å². The standard InChI is InChI=1S/C18H20ClN3O3S/c1-12-8-17(24-25-18(23)14-10-26-21-13(14)2)15(19)9-16(12)20-11-22-6-4-3-5-7-22/h8-11H,3-7H2,1-2H3. The summed E-state index contributed by atoms with van der Waals surface area (Å²) in [6, 6.07) is 3.41. The van der Waals surface area contributed by atoms with Crippen LogP contribution in [-0.2, 0) is 4.89 Å². The average molecular weight is 394 g/mol. The van der Waals surface area contributed by atoms with Gasteiger partial charge in [0.2, 0.25) is 0 Å². The zero-order chi connectivity index (χ0) is 18.5. The fourth-order valence-corrected chi connectivity index (χ4v) is 3.51. The molecule has 2 heterocycles. The summed E-state index contributed by atoms with van der Waals surface area (Å²) in [7, 11) is 0. The van der Waals surface area contributed by atoms with E-state index in [9.17, 15) is 4.79 Å². The van der Waals surface area contributed by atoms with Crippen molar-refractivity contribution in [2.75, 3.05) is 13.1 Å². The third-order valence-corrected chi connectivity index (χ3v) is 5.19. The fourth-order valence-electron chi connectivity index (χ4n) is 2.64. The fraction of sp³-hybridized carbons (Fsp3) is 0.389. The van der Waals surface area contributed by atoms with Gasteiger partial charge < -0.3 is 4.90 Å². The smallest absolute Gasteiger partial charge is 0.363 e. The van der Waals surface area contributed by atoms with Crippen LogP contribution in [0.15, 0.2) is 22.5 Å². The van der Waals surface area contributed by atoms with Crippen LogP contribution in [0.2, 0.25) is 5.02 Å². The van der Waals surface area contributed by atoms with E-state index in [1.54, 1.807) is 24.4 Å². The van der Waals surface area contributed by atoms with E-state index in [1.165, 1.54) is 30.8 Å². The average Bonchev–Trinajstić information content (AvgIpc) is 3.07. The molecule has 0 amide bonds. The summed E-state index contributed by atoms with van der Waals surface area (Å²) in [5.41, 5.74) is 2.62. The van der Waals surface area contributed by atoms with Crippen LogP contribution in [0.3, 0.4) is 0 Å². The van der Waals surface area contributed by atoms with Crippen molar-refractivity contribution in [1.29, 1.82) is 0 Å². The summed E-state index contributed by atoms with van der Waals surface area (Å²) < 4.78 is 4.03. The molecule has 0 radical (unpaired) electrons. The predicted molar refractivity (Wildman–Crippen MR) is 103 cm³/mol. The third kappa shape index (κ3) is 4.53. The summed E-state index contributed by atoms with van der Waals surface area (Å²) >= 11 is 7.44. The molecule has 1 saturated heterocycles. The second kappa shape index (κ2) is 8.51. The Labute approximate surface area is 161 Å². The molecule has 1 aliphatic heterocycles. The lowest BCUT2D eigenvalue weighted by Gasteiger charge is -2.23. The van der Waals surface area contributed by atoms with Gasteiger partial charge in [-0.05, 0) is 62.3 Å². The number of rotatable bonds is 5. The highest BCUT2D eigenvalue weighted by atomic mass is 35.5. The first-order valence-corrected chi connectivity index (χ1v) is 9.64. The van der Waals surface area contributed by atoms with Crippen molar-refractivity contribution < 1.29 is 14.6 Å². The van der Waals surface area contributed by atoms with Crippen molar-refractivity contribution in [3.05, 3.63) is 39.4 Å².